The van der Waals surface area contributed by atoms with Gasteiger partial charge in [0, 0.05) is 18.8 Å². The first-order valence-corrected chi connectivity index (χ1v) is 3.94. The molecule has 1 unspecified atom stereocenters. The Bertz CT molecular complexity index is 278. The zero-order valence-corrected chi connectivity index (χ0v) is 7.49. The third-order valence-corrected chi connectivity index (χ3v) is 1.80. The fourth-order valence-corrected chi connectivity index (χ4v) is 1.23. The summed E-state index contributed by atoms with van der Waals surface area (Å²) in [4.78, 5) is 0. The summed E-state index contributed by atoms with van der Waals surface area (Å²) in [5, 5.41) is 13.7. The van der Waals surface area contributed by atoms with Gasteiger partial charge in [-0.1, -0.05) is 6.08 Å². The molecule has 0 bridgehead atoms. The monoisotopic (exact) mass is 166 g/mol. The summed E-state index contributed by atoms with van der Waals surface area (Å²) < 4.78 is 1.71. The smallest absolute Gasteiger partial charge is 0.0857 e. The molecular formula is C9H14N2O. The molecule has 0 aliphatic rings. The van der Waals surface area contributed by atoms with Crippen LogP contribution in [0.2, 0.25) is 0 Å². The van der Waals surface area contributed by atoms with Crippen LogP contribution in [0.15, 0.2) is 18.9 Å². The largest absolute Gasteiger partial charge is 0.388 e. The van der Waals surface area contributed by atoms with Gasteiger partial charge in [-0.15, -0.1) is 6.58 Å². The van der Waals surface area contributed by atoms with E-state index in [2.05, 4.69) is 11.7 Å². The van der Waals surface area contributed by atoms with Gasteiger partial charge in [-0.05, 0) is 13.3 Å². The van der Waals surface area contributed by atoms with Gasteiger partial charge in [0.15, 0.2) is 0 Å². The second kappa shape index (κ2) is 3.54. The van der Waals surface area contributed by atoms with Gasteiger partial charge in [0.2, 0.25) is 0 Å². The van der Waals surface area contributed by atoms with E-state index in [0.29, 0.717) is 6.42 Å². The SMILES string of the molecule is C=CCC(O)c1cn(C)nc1C. The van der Waals surface area contributed by atoms with E-state index in [-0.39, 0.29) is 0 Å². The summed E-state index contributed by atoms with van der Waals surface area (Å²) in [7, 11) is 1.84. The molecule has 1 aromatic heterocycles. The molecule has 0 aromatic carbocycles. The molecule has 3 nitrogen and oxygen atoms in total. The molecule has 0 saturated heterocycles. The lowest BCUT2D eigenvalue weighted by molar-refractivity contribution is 0.181. The summed E-state index contributed by atoms with van der Waals surface area (Å²) >= 11 is 0. The number of nitrogens with zero attached hydrogens (tertiary/aromatic N) is 2. The van der Waals surface area contributed by atoms with E-state index in [1.807, 2.05) is 20.2 Å². The van der Waals surface area contributed by atoms with Crippen molar-refractivity contribution in [3.63, 3.8) is 0 Å². The van der Waals surface area contributed by atoms with Crippen molar-refractivity contribution in [1.29, 1.82) is 0 Å². The fourth-order valence-electron chi connectivity index (χ4n) is 1.23. The van der Waals surface area contributed by atoms with Gasteiger partial charge >= 0.3 is 0 Å². The third kappa shape index (κ3) is 1.74. The average Bonchev–Trinajstić information content (AvgIpc) is 2.30. The average molecular weight is 166 g/mol. The van der Waals surface area contributed by atoms with Crippen LogP contribution < -0.4 is 0 Å². The van der Waals surface area contributed by atoms with E-state index in [9.17, 15) is 5.11 Å². The molecule has 66 valence electrons. The highest BCUT2D eigenvalue weighted by Crippen LogP contribution is 2.18. The topological polar surface area (TPSA) is 38.0 Å². The number of hydrogen-bond donors (Lipinski definition) is 1. The van der Waals surface area contributed by atoms with Gasteiger partial charge in [0.25, 0.3) is 0 Å². The van der Waals surface area contributed by atoms with Crippen molar-refractivity contribution in [3.8, 4) is 0 Å². The third-order valence-electron chi connectivity index (χ3n) is 1.80. The lowest BCUT2D eigenvalue weighted by Gasteiger charge is -2.04. The Morgan fingerprint density at radius 3 is 2.92 bits per heavy atom. The van der Waals surface area contributed by atoms with Crippen molar-refractivity contribution < 1.29 is 5.11 Å². The van der Waals surface area contributed by atoms with E-state index < -0.39 is 6.10 Å². The maximum atomic E-state index is 9.59. The van der Waals surface area contributed by atoms with Crippen molar-refractivity contribution in [1.82, 2.24) is 9.78 Å². The van der Waals surface area contributed by atoms with Gasteiger partial charge < -0.3 is 5.11 Å². The highest BCUT2D eigenvalue weighted by atomic mass is 16.3. The number of rotatable bonds is 3. The molecular weight excluding hydrogens is 152 g/mol. The molecule has 12 heavy (non-hydrogen) atoms. The maximum absolute atomic E-state index is 9.59. The predicted molar refractivity (Wildman–Crippen MR) is 47.7 cm³/mol. The standard InChI is InChI=1S/C9H14N2O/c1-4-5-9(12)8-6-11(3)10-7(8)2/h4,6,9,12H,1,5H2,2-3H3. The van der Waals surface area contributed by atoms with E-state index in [0.717, 1.165) is 11.3 Å². The molecule has 0 spiro atoms. The Labute approximate surface area is 72.3 Å². The van der Waals surface area contributed by atoms with Gasteiger partial charge in [-0.3, -0.25) is 4.68 Å². The first-order valence-electron chi connectivity index (χ1n) is 3.94. The number of aliphatic hydroxyl groups excluding tert-OH is 1. The van der Waals surface area contributed by atoms with Crippen LogP contribution in [0.4, 0.5) is 0 Å². The lowest BCUT2D eigenvalue weighted by atomic mass is 10.1. The Balaban J connectivity index is 2.85. The summed E-state index contributed by atoms with van der Waals surface area (Å²) in [6.45, 7) is 5.47. The van der Waals surface area contributed by atoms with Crippen LogP contribution in [0.25, 0.3) is 0 Å². The molecule has 1 atom stereocenters. The molecule has 0 aliphatic heterocycles. The van der Waals surface area contributed by atoms with Crippen molar-refractivity contribution in [2.75, 3.05) is 0 Å². The molecule has 0 aliphatic carbocycles. The van der Waals surface area contributed by atoms with Crippen LogP contribution in [0.5, 0.6) is 0 Å². The minimum absolute atomic E-state index is 0.462. The van der Waals surface area contributed by atoms with Crippen molar-refractivity contribution in [2.45, 2.75) is 19.4 Å². The van der Waals surface area contributed by atoms with Crippen molar-refractivity contribution in [2.24, 2.45) is 7.05 Å². The lowest BCUT2D eigenvalue weighted by Crippen LogP contribution is -1.95. The van der Waals surface area contributed by atoms with E-state index in [4.69, 9.17) is 0 Å². The maximum Gasteiger partial charge on any atom is 0.0857 e. The Kier molecular flexibility index (Phi) is 2.65. The molecule has 3 heteroatoms. The number of hydrogen-bond acceptors (Lipinski definition) is 2. The molecule has 1 N–H and O–H groups in total. The summed E-state index contributed by atoms with van der Waals surface area (Å²) in [5.74, 6) is 0. The van der Waals surface area contributed by atoms with Crippen LogP contribution in [0.1, 0.15) is 23.8 Å². The quantitative estimate of drug-likeness (QED) is 0.688. The first-order chi connectivity index (χ1) is 5.65. The van der Waals surface area contributed by atoms with Crippen molar-refractivity contribution in [3.05, 3.63) is 30.1 Å². The Hall–Kier alpha value is -1.09. The Morgan fingerprint density at radius 1 is 1.83 bits per heavy atom. The first kappa shape index (κ1) is 9.00. The fraction of sp³-hybridized carbons (Fsp3) is 0.444. The highest BCUT2D eigenvalue weighted by Gasteiger charge is 2.11. The van der Waals surface area contributed by atoms with E-state index in [1.165, 1.54) is 0 Å². The van der Waals surface area contributed by atoms with Crippen molar-refractivity contribution >= 4 is 0 Å². The summed E-state index contributed by atoms with van der Waals surface area (Å²) in [6, 6.07) is 0. The van der Waals surface area contributed by atoms with Crippen LogP contribution in [-0.2, 0) is 7.05 Å². The summed E-state index contributed by atoms with van der Waals surface area (Å²) in [6.07, 6.45) is 3.66. The minimum Gasteiger partial charge on any atom is -0.388 e. The molecule has 1 aromatic rings. The summed E-state index contributed by atoms with van der Waals surface area (Å²) in [5.41, 5.74) is 1.77. The van der Waals surface area contributed by atoms with Crippen LogP contribution in [0, 0.1) is 6.92 Å². The van der Waals surface area contributed by atoms with Gasteiger partial charge in [-0.2, -0.15) is 5.10 Å². The normalized spacial score (nSPS) is 12.9. The molecule has 1 rings (SSSR count). The number of aryl methyl sites for hydroxylation is 2. The predicted octanol–water partition coefficient (Wildman–Crippen LogP) is 1.34. The zero-order valence-electron chi connectivity index (χ0n) is 7.49. The van der Waals surface area contributed by atoms with E-state index >= 15 is 0 Å². The van der Waals surface area contributed by atoms with Crippen LogP contribution in [-0.4, -0.2) is 14.9 Å². The molecule has 0 saturated carbocycles. The van der Waals surface area contributed by atoms with Crippen LogP contribution >= 0.6 is 0 Å². The van der Waals surface area contributed by atoms with E-state index in [1.54, 1.807) is 10.8 Å². The highest BCUT2D eigenvalue weighted by molar-refractivity contribution is 5.18. The number of aliphatic hydroxyl groups is 1. The molecule has 0 amide bonds. The second-order valence-electron chi connectivity index (χ2n) is 2.88. The van der Waals surface area contributed by atoms with Gasteiger partial charge in [0.05, 0.1) is 11.8 Å². The number of aromatic nitrogens is 2. The molecule has 1 heterocycles. The molecule has 0 radical (unpaired) electrons. The molecule has 0 fully saturated rings. The second-order valence-corrected chi connectivity index (χ2v) is 2.88. The van der Waals surface area contributed by atoms with Gasteiger partial charge in [0.1, 0.15) is 0 Å². The van der Waals surface area contributed by atoms with Crippen LogP contribution in [0.3, 0.4) is 0 Å². The zero-order chi connectivity index (χ0) is 9.14. The Morgan fingerprint density at radius 2 is 2.50 bits per heavy atom. The minimum atomic E-state index is -0.462. The van der Waals surface area contributed by atoms with Gasteiger partial charge in [-0.25, -0.2) is 0 Å².